The molecule has 0 bridgehead atoms. The van der Waals surface area contributed by atoms with E-state index in [9.17, 15) is 14.4 Å². The van der Waals surface area contributed by atoms with Gasteiger partial charge in [-0.3, -0.25) is 14.6 Å². The molecule has 1 aromatic heterocycles. The Morgan fingerprint density at radius 2 is 1.94 bits per heavy atom. The minimum absolute atomic E-state index is 0.296. The SMILES string of the molecule is CCC1CC(C)CN(C(=O)N(C(=O)CNC(=O)c2cccnc2)c2ccc(Br)cc2)C1. The zero-order chi connectivity index (χ0) is 22.4. The minimum Gasteiger partial charge on any atom is -0.343 e. The standard InChI is InChI=1S/C23H27BrN4O3/c1-3-17-11-16(2)14-27(15-17)23(31)28(20-8-6-19(24)7-9-20)21(29)13-26-22(30)18-5-4-10-25-12-18/h4-10,12,16-17H,3,11,13-15H2,1-2H3,(H,26,30). The quantitative estimate of drug-likeness (QED) is 0.689. The summed E-state index contributed by atoms with van der Waals surface area (Å²) in [7, 11) is 0. The second kappa shape index (κ2) is 10.5. The lowest BCUT2D eigenvalue weighted by Crippen LogP contribution is -2.53. The Kier molecular flexibility index (Phi) is 7.79. The summed E-state index contributed by atoms with van der Waals surface area (Å²) in [6.07, 6.45) is 5.06. The fraction of sp³-hybridized carbons (Fsp3) is 0.391. The van der Waals surface area contributed by atoms with Crippen molar-refractivity contribution >= 4 is 39.5 Å². The first-order valence-corrected chi connectivity index (χ1v) is 11.2. The van der Waals surface area contributed by atoms with Gasteiger partial charge in [0.1, 0.15) is 0 Å². The average Bonchev–Trinajstić information content (AvgIpc) is 2.78. The molecule has 0 saturated carbocycles. The smallest absolute Gasteiger partial charge is 0.331 e. The van der Waals surface area contributed by atoms with Gasteiger partial charge in [0.2, 0.25) is 0 Å². The van der Waals surface area contributed by atoms with Gasteiger partial charge in [0.05, 0.1) is 17.8 Å². The number of aromatic nitrogens is 1. The summed E-state index contributed by atoms with van der Waals surface area (Å²) in [6.45, 7) is 5.19. The van der Waals surface area contributed by atoms with E-state index >= 15 is 0 Å². The molecule has 0 spiro atoms. The van der Waals surface area contributed by atoms with Gasteiger partial charge in [-0.25, -0.2) is 9.69 Å². The number of nitrogens with one attached hydrogen (secondary N) is 1. The molecule has 31 heavy (non-hydrogen) atoms. The highest BCUT2D eigenvalue weighted by Gasteiger charge is 2.33. The van der Waals surface area contributed by atoms with E-state index in [0.717, 1.165) is 17.3 Å². The summed E-state index contributed by atoms with van der Waals surface area (Å²) in [4.78, 5) is 45.7. The molecule has 1 N–H and O–H groups in total. The van der Waals surface area contributed by atoms with Gasteiger partial charge in [0.15, 0.2) is 0 Å². The second-order valence-corrected chi connectivity index (χ2v) is 8.85. The number of urea groups is 1. The predicted molar refractivity (Wildman–Crippen MR) is 123 cm³/mol. The molecule has 8 heteroatoms. The van der Waals surface area contributed by atoms with Crippen molar-refractivity contribution in [1.82, 2.24) is 15.2 Å². The Balaban J connectivity index is 1.79. The van der Waals surface area contributed by atoms with Crippen LogP contribution in [-0.4, -0.2) is 47.4 Å². The maximum absolute atomic E-state index is 13.4. The van der Waals surface area contributed by atoms with E-state index in [1.165, 1.54) is 11.1 Å². The largest absolute Gasteiger partial charge is 0.343 e. The van der Waals surface area contributed by atoms with Gasteiger partial charge < -0.3 is 10.2 Å². The number of amides is 4. The van der Waals surface area contributed by atoms with Crippen LogP contribution in [0.15, 0.2) is 53.3 Å². The summed E-state index contributed by atoms with van der Waals surface area (Å²) < 4.78 is 0.846. The van der Waals surface area contributed by atoms with E-state index in [1.54, 1.807) is 47.5 Å². The lowest BCUT2D eigenvalue weighted by molar-refractivity contribution is -0.117. The first-order valence-electron chi connectivity index (χ1n) is 10.4. The highest BCUT2D eigenvalue weighted by molar-refractivity contribution is 9.10. The molecule has 164 valence electrons. The molecular weight excluding hydrogens is 460 g/mol. The topological polar surface area (TPSA) is 82.6 Å². The van der Waals surface area contributed by atoms with Crippen LogP contribution in [0, 0.1) is 11.8 Å². The number of anilines is 1. The van der Waals surface area contributed by atoms with Gasteiger partial charge >= 0.3 is 6.03 Å². The van der Waals surface area contributed by atoms with Crippen molar-refractivity contribution in [2.75, 3.05) is 24.5 Å². The Bertz CT molecular complexity index is 920. The number of imide groups is 1. The van der Waals surface area contributed by atoms with Crippen molar-refractivity contribution in [1.29, 1.82) is 0 Å². The summed E-state index contributed by atoms with van der Waals surface area (Å²) in [5.41, 5.74) is 0.826. The molecule has 2 heterocycles. The van der Waals surface area contributed by atoms with Crippen LogP contribution in [0.3, 0.4) is 0 Å². The molecule has 7 nitrogen and oxygen atoms in total. The van der Waals surface area contributed by atoms with E-state index in [-0.39, 0.29) is 12.6 Å². The van der Waals surface area contributed by atoms with E-state index in [4.69, 9.17) is 0 Å². The van der Waals surface area contributed by atoms with Crippen molar-refractivity contribution in [2.45, 2.75) is 26.7 Å². The molecule has 1 aliphatic rings. The molecule has 0 radical (unpaired) electrons. The van der Waals surface area contributed by atoms with Gasteiger partial charge in [-0.2, -0.15) is 0 Å². The summed E-state index contributed by atoms with van der Waals surface area (Å²) in [6, 6.07) is 9.91. The maximum atomic E-state index is 13.4. The number of nitrogens with zero attached hydrogens (tertiary/aromatic N) is 3. The Morgan fingerprint density at radius 1 is 1.19 bits per heavy atom. The number of rotatable bonds is 5. The normalized spacial score (nSPS) is 18.4. The van der Waals surface area contributed by atoms with Gasteiger partial charge in [0, 0.05) is 30.0 Å². The Morgan fingerprint density at radius 3 is 2.58 bits per heavy atom. The van der Waals surface area contributed by atoms with Gasteiger partial charge in [0.25, 0.3) is 11.8 Å². The maximum Gasteiger partial charge on any atom is 0.331 e. The van der Waals surface area contributed by atoms with Gasteiger partial charge in [-0.15, -0.1) is 0 Å². The third-order valence-corrected chi connectivity index (χ3v) is 5.97. The molecule has 0 aliphatic carbocycles. The van der Waals surface area contributed by atoms with E-state index in [0.29, 0.717) is 36.2 Å². The summed E-state index contributed by atoms with van der Waals surface area (Å²) in [5, 5.41) is 2.60. The van der Waals surface area contributed by atoms with Crippen molar-refractivity contribution in [2.24, 2.45) is 11.8 Å². The molecule has 1 saturated heterocycles. The molecule has 3 rings (SSSR count). The number of hydrogen-bond donors (Lipinski definition) is 1. The fourth-order valence-corrected chi connectivity index (χ4v) is 4.12. The van der Waals surface area contributed by atoms with Crippen molar-refractivity contribution in [3.8, 4) is 0 Å². The number of carbonyl (C=O) groups is 3. The highest BCUT2D eigenvalue weighted by Crippen LogP contribution is 2.27. The fourth-order valence-electron chi connectivity index (χ4n) is 3.86. The molecule has 2 unspecified atom stereocenters. The monoisotopic (exact) mass is 486 g/mol. The molecule has 4 amide bonds. The molecule has 2 aromatic rings. The van der Waals surface area contributed by atoms with Crippen LogP contribution in [0.5, 0.6) is 0 Å². The van der Waals surface area contributed by atoms with Crippen LogP contribution in [0.2, 0.25) is 0 Å². The van der Waals surface area contributed by atoms with Crippen LogP contribution in [-0.2, 0) is 4.79 Å². The molecule has 1 aliphatic heterocycles. The van der Waals surface area contributed by atoms with Crippen molar-refractivity contribution in [3.05, 3.63) is 58.8 Å². The minimum atomic E-state index is -0.490. The van der Waals surface area contributed by atoms with E-state index in [2.05, 4.69) is 40.1 Å². The van der Waals surface area contributed by atoms with Crippen molar-refractivity contribution < 1.29 is 14.4 Å². The number of likely N-dealkylation sites (tertiary alicyclic amines) is 1. The highest BCUT2D eigenvalue weighted by atomic mass is 79.9. The van der Waals surface area contributed by atoms with E-state index in [1.807, 2.05) is 0 Å². The second-order valence-electron chi connectivity index (χ2n) is 7.93. The molecular formula is C23H27BrN4O3. The number of benzene rings is 1. The first kappa shape index (κ1) is 22.9. The third kappa shape index (κ3) is 5.91. The van der Waals surface area contributed by atoms with Crippen molar-refractivity contribution in [3.63, 3.8) is 0 Å². The number of piperidine rings is 1. The van der Waals surface area contributed by atoms with Crippen LogP contribution in [0.4, 0.5) is 10.5 Å². The third-order valence-electron chi connectivity index (χ3n) is 5.44. The molecule has 1 fully saturated rings. The zero-order valence-corrected chi connectivity index (χ0v) is 19.3. The average molecular weight is 487 g/mol. The Hall–Kier alpha value is -2.74. The molecule has 1 aromatic carbocycles. The lowest BCUT2D eigenvalue weighted by Gasteiger charge is -2.38. The Labute approximate surface area is 191 Å². The number of carbonyl (C=O) groups excluding carboxylic acids is 3. The number of hydrogen-bond acceptors (Lipinski definition) is 4. The van der Waals surface area contributed by atoms with Crippen LogP contribution in [0.25, 0.3) is 0 Å². The van der Waals surface area contributed by atoms with E-state index < -0.39 is 11.8 Å². The number of halogens is 1. The van der Waals surface area contributed by atoms with Crippen LogP contribution < -0.4 is 10.2 Å². The van der Waals surface area contributed by atoms with Gasteiger partial charge in [-0.05, 0) is 54.7 Å². The van der Waals surface area contributed by atoms with Crippen LogP contribution >= 0.6 is 15.9 Å². The summed E-state index contributed by atoms with van der Waals surface area (Å²) >= 11 is 3.38. The zero-order valence-electron chi connectivity index (χ0n) is 17.8. The summed E-state index contributed by atoms with van der Waals surface area (Å²) in [5.74, 6) is -0.118. The van der Waals surface area contributed by atoms with Crippen LogP contribution in [0.1, 0.15) is 37.0 Å². The van der Waals surface area contributed by atoms with Gasteiger partial charge in [-0.1, -0.05) is 36.2 Å². The number of pyridine rings is 1. The lowest BCUT2D eigenvalue weighted by atomic mass is 9.89. The molecule has 2 atom stereocenters. The first-order chi connectivity index (χ1) is 14.9. The predicted octanol–water partition coefficient (Wildman–Crippen LogP) is 4.10.